The van der Waals surface area contributed by atoms with E-state index in [9.17, 15) is 5.11 Å². The second kappa shape index (κ2) is 4.55. The Morgan fingerprint density at radius 3 is 2.85 bits per heavy atom. The van der Waals surface area contributed by atoms with Crippen LogP contribution in [0.2, 0.25) is 0 Å². The van der Waals surface area contributed by atoms with Gasteiger partial charge in [0, 0.05) is 15.8 Å². The van der Waals surface area contributed by atoms with Crippen molar-refractivity contribution in [3.63, 3.8) is 0 Å². The molecule has 0 spiro atoms. The lowest BCUT2D eigenvalue weighted by Crippen LogP contribution is -2.29. The molecule has 1 rings (SSSR count). The molecule has 2 nitrogen and oxygen atoms in total. The maximum Gasteiger partial charge on any atom is 0.0680 e. The summed E-state index contributed by atoms with van der Waals surface area (Å²) >= 11 is 5.09. The van der Waals surface area contributed by atoms with Crippen molar-refractivity contribution in [3.05, 3.63) is 20.8 Å². The Labute approximate surface area is 90.9 Å². The Morgan fingerprint density at radius 2 is 2.38 bits per heavy atom. The number of hydrogen-bond acceptors (Lipinski definition) is 3. The van der Waals surface area contributed by atoms with E-state index in [1.165, 1.54) is 4.88 Å². The Morgan fingerprint density at radius 1 is 1.69 bits per heavy atom. The molecule has 0 saturated carbocycles. The third kappa shape index (κ3) is 3.38. The van der Waals surface area contributed by atoms with Gasteiger partial charge in [-0.2, -0.15) is 0 Å². The molecular formula is C9H14BrNOS. The molecule has 0 aliphatic rings. The molecule has 0 aliphatic heterocycles. The molecule has 0 aliphatic carbocycles. The fourth-order valence-electron chi connectivity index (χ4n) is 1.20. The first-order valence-corrected chi connectivity index (χ1v) is 5.87. The largest absolute Gasteiger partial charge is 0.390 e. The number of thiophene rings is 1. The van der Waals surface area contributed by atoms with Crippen molar-refractivity contribution in [2.24, 2.45) is 5.73 Å². The predicted octanol–water partition coefficient (Wildman–Crippen LogP) is 2.15. The molecule has 1 heterocycles. The highest BCUT2D eigenvalue weighted by atomic mass is 79.9. The van der Waals surface area contributed by atoms with Gasteiger partial charge in [0.1, 0.15) is 0 Å². The summed E-state index contributed by atoms with van der Waals surface area (Å²) in [6.45, 7) is 2.35. The van der Waals surface area contributed by atoms with Gasteiger partial charge in [0.2, 0.25) is 0 Å². The molecule has 0 aromatic carbocycles. The van der Waals surface area contributed by atoms with Gasteiger partial charge in [-0.3, -0.25) is 0 Å². The Bertz CT molecular complexity index is 272. The van der Waals surface area contributed by atoms with Crippen LogP contribution in [0.25, 0.3) is 0 Å². The minimum atomic E-state index is -0.678. The van der Waals surface area contributed by atoms with Crippen LogP contribution >= 0.6 is 27.3 Å². The number of halogens is 1. The molecule has 1 aromatic rings. The van der Waals surface area contributed by atoms with E-state index in [2.05, 4.69) is 15.9 Å². The standard InChI is InChI=1S/C9H14BrNOS/c1-9(12,3-4-11)6-8-7(10)2-5-13-8/h2,5,12H,3-4,6,11H2,1H3. The number of rotatable bonds is 4. The van der Waals surface area contributed by atoms with Crippen LogP contribution in [0.1, 0.15) is 18.2 Å². The average molecular weight is 264 g/mol. The molecule has 0 radical (unpaired) electrons. The van der Waals surface area contributed by atoms with Gasteiger partial charge >= 0.3 is 0 Å². The van der Waals surface area contributed by atoms with Crippen LogP contribution in [-0.4, -0.2) is 17.3 Å². The van der Waals surface area contributed by atoms with Crippen molar-refractivity contribution in [2.75, 3.05) is 6.54 Å². The molecule has 4 heteroatoms. The fraction of sp³-hybridized carbons (Fsp3) is 0.556. The average Bonchev–Trinajstić information content (AvgIpc) is 2.35. The summed E-state index contributed by atoms with van der Waals surface area (Å²) in [7, 11) is 0. The van der Waals surface area contributed by atoms with E-state index in [1.54, 1.807) is 11.3 Å². The van der Waals surface area contributed by atoms with Crippen molar-refractivity contribution >= 4 is 27.3 Å². The van der Waals surface area contributed by atoms with Gasteiger partial charge < -0.3 is 10.8 Å². The minimum Gasteiger partial charge on any atom is -0.390 e. The van der Waals surface area contributed by atoms with Crippen molar-refractivity contribution in [1.82, 2.24) is 0 Å². The monoisotopic (exact) mass is 263 g/mol. The van der Waals surface area contributed by atoms with E-state index in [1.807, 2.05) is 18.4 Å². The Kier molecular flexibility index (Phi) is 3.91. The highest BCUT2D eigenvalue weighted by Crippen LogP contribution is 2.27. The lowest BCUT2D eigenvalue weighted by atomic mass is 9.97. The van der Waals surface area contributed by atoms with Crippen LogP contribution < -0.4 is 5.73 Å². The number of aliphatic hydroxyl groups is 1. The Hall–Kier alpha value is 0.100. The van der Waals surface area contributed by atoms with Gasteiger partial charge in [-0.15, -0.1) is 11.3 Å². The third-order valence-corrected chi connectivity index (χ3v) is 3.84. The topological polar surface area (TPSA) is 46.2 Å². The summed E-state index contributed by atoms with van der Waals surface area (Å²) in [6, 6.07) is 2.00. The van der Waals surface area contributed by atoms with E-state index in [4.69, 9.17) is 5.73 Å². The van der Waals surface area contributed by atoms with E-state index in [0.29, 0.717) is 19.4 Å². The highest BCUT2D eigenvalue weighted by molar-refractivity contribution is 9.10. The first-order chi connectivity index (χ1) is 6.05. The van der Waals surface area contributed by atoms with Gasteiger partial charge in [-0.1, -0.05) is 0 Å². The quantitative estimate of drug-likeness (QED) is 0.875. The fourth-order valence-corrected chi connectivity index (χ4v) is 2.87. The van der Waals surface area contributed by atoms with Gasteiger partial charge in [0.15, 0.2) is 0 Å². The molecule has 1 unspecified atom stereocenters. The summed E-state index contributed by atoms with van der Waals surface area (Å²) in [5.74, 6) is 0. The summed E-state index contributed by atoms with van der Waals surface area (Å²) in [5.41, 5.74) is 4.73. The molecule has 1 aromatic heterocycles. The maximum absolute atomic E-state index is 9.92. The molecule has 1 atom stereocenters. The summed E-state index contributed by atoms with van der Waals surface area (Å²) in [5, 5.41) is 11.9. The van der Waals surface area contributed by atoms with Gasteiger partial charge in [-0.25, -0.2) is 0 Å². The second-order valence-corrected chi connectivity index (χ2v) is 5.26. The first-order valence-electron chi connectivity index (χ1n) is 4.19. The molecular weight excluding hydrogens is 250 g/mol. The van der Waals surface area contributed by atoms with Crippen LogP contribution in [0.4, 0.5) is 0 Å². The summed E-state index contributed by atoms with van der Waals surface area (Å²) in [6.07, 6.45) is 1.31. The molecule has 0 fully saturated rings. The van der Waals surface area contributed by atoms with E-state index >= 15 is 0 Å². The van der Waals surface area contributed by atoms with Crippen LogP contribution in [0.3, 0.4) is 0 Å². The molecule has 3 N–H and O–H groups in total. The van der Waals surface area contributed by atoms with Crippen LogP contribution in [0.15, 0.2) is 15.9 Å². The predicted molar refractivity (Wildman–Crippen MR) is 60.0 cm³/mol. The number of hydrogen-bond donors (Lipinski definition) is 2. The lowest BCUT2D eigenvalue weighted by Gasteiger charge is -2.21. The SMILES string of the molecule is CC(O)(CCN)Cc1sccc1Br. The highest BCUT2D eigenvalue weighted by Gasteiger charge is 2.21. The summed E-state index contributed by atoms with van der Waals surface area (Å²) in [4.78, 5) is 1.18. The van der Waals surface area contributed by atoms with E-state index in [-0.39, 0.29) is 0 Å². The molecule has 13 heavy (non-hydrogen) atoms. The molecule has 0 amide bonds. The zero-order chi connectivity index (χ0) is 9.90. The zero-order valence-electron chi connectivity index (χ0n) is 7.59. The van der Waals surface area contributed by atoms with Crippen molar-refractivity contribution in [3.8, 4) is 0 Å². The summed E-state index contributed by atoms with van der Waals surface area (Å²) < 4.78 is 1.08. The van der Waals surface area contributed by atoms with Crippen LogP contribution in [0.5, 0.6) is 0 Å². The van der Waals surface area contributed by atoms with Crippen molar-refractivity contribution in [2.45, 2.75) is 25.4 Å². The van der Waals surface area contributed by atoms with Crippen LogP contribution in [-0.2, 0) is 6.42 Å². The zero-order valence-corrected chi connectivity index (χ0v) is 9.99. The third-order valence-electron chi connectivity index (χ3n) is 1.92. The molecule has 0 bridgehead atoms. The minimum absolute atomic E-state index is 0.524. The second-order valence-electron chi connectivity index (χ2n) is 3.40. The van der Waals surface area contributed by atoms with Gasteiger partial charge in [0.25, 0.3) is 0 Å². The number of nitrogens with two attached hydrogens (primary N) is 1. The van der Waals surface area contributed by atoms with E-state index in [0.717, 1.165) is 4.47 Å². The van der Waals surface area contributed by atoms with Crippen molar-refractivity contribution < 1.29 is 5.11 Å². The van der Waals surface area contributed by atoms with E-state index < -0.39 is 5.60 Å². The normalized spacial score (nSPS) is 15.7. The van der Waals surface area contributed by atoms with Crippen molar-refractivity contribution in [1.29, 1.82) is 0 Å². The molecule has 0 saturated heterocycles. The Balaban J connectivity index is 2.63. The maximum atomic E-state index is 9.92. The molecule has 74 valence electrons. The lowest BCUT2D eigenvalue weighted by molar-refractivity contribution is 0.0545. The van der Waals surface area contributed by atoms with Gasteiger partial charge in [-0.05, 0) is 47.3 Å². The van der Waals surface area contributed by atoms with Crippen LogP contribution in [0, 0.1) is 0 Å². The smallest absolute Gasteiger partial charge is 0.0680 e. The first kappa shape index (κ1) is 11.2. The van der Waals surface area contributed by atoms with Gasteiger partial charge in [0.05, 0.1) is 5.60 Å².